The molecule has 2 amide bonds. The predicted molar refractivity (Wildman–Crippen MR) is 129 cm³/mol. The molecule has 8 nitrogen and oxygen atoms in total. The van der Waals surface area contributed by atoms with Crippen molar-refractivity contribution >= 4 is 45.8 Å². The van der Waals surface area contributed by atoms with Gasteiger partial charge in [-0.1, -0.05) is 6.07 Å². The molecule has 0 radical (unpaired) electrons. The number of hydrogen-bond donors (Lipinski definition) is 3. The topological polar surface area (TPSA) is 109 Å². The number of halogens is 1. The first-order valence-electron chi connectivity index (χ1n) is 11.1. The second-order valence-electron chi connectivity index (χ2n) is 8.37. The Bertz CT molecular complexity index is 1280. The summed E-state index contributed by atoms with van der Waals surface area (Å²) in [5.41, 5.74) is 2.31. The van der Waals surface area contributed by atoms with Crippen LogP contribution in [-0.2, 0) is 11.3 Å². The predicted octanol–water partition coefficient (Wildman–Crippen LogP) is 4.00. The van der Waals surface area contributed by atoms with Crippen LogP contribution >= 0.6 is 11.8 Å². The Morgan fingerprint density at radius 3 is 2.68 bits per heavy atom. The number of hydrogen-bond acceptors (Lipinski definition) is 8. The van der Waals surface area contributed by atoms with E-state index >= 15 is 0 Å². The maximum atomic E-state index is 13.3. The zero-order chi connectivity index (χ0) is 23.5. The molecule has 3 N–H and O–H groups in total. The lowest BCUT2D eigenvalue weighted by Crippen LogP contribution is -2.37. The van der Waals surface area contributed by atoms with Crippen LogP contribution in [0.3, 0.4) is 0 Å². The van der Waals surface area contributed by atoms with Gasteiger partial charge >= 0.3 is 0 Å². The minimum absolute atomic E-state index is 0.253. The highest BCUT2D eigenvalue weighted by molar-refractivity contribution is 8.18. The number of nitrogens with zero attached hydrogens (tertiary/aromatic N) is 3. The van der Waals surface area contributed by atoms with Gasteiger partial charge in [-0.3, -0.25) is 19.9 Å². The van der Waals surface area contributed by atoms with Gasteiger partial charge in [0.25, 0.3) is 11.1 Å². The number of fused-ring (bicyclic) bond motifs is 1. The van der Waals surface area contributed by atoms with Crippen molar-refractivity contribution in [1.29, 1.82) is 0 Å². The molecule has 1 aliphatic heterocycles. The van der Waals surface area contributed by atoms with Crippen molar-refractivity contribution < 1.29 is 14.0 Å². The van der Waals surface area contributed by atoms with E-state index in [1.807, 2.05) is 12.1 Å². The fraction of sp³-hybridized carbons (Fsp3) is 0.292. The van der Waals surface area contributed by atoms with Crippen molar-refractivity contribution in [3.8, 4) is 0 Å². The molecule has 1 saturated carbocycles. The Balaban J connectivity index is 1.12. The average molecular weight is 479 g/mol. The highest BCUT2D eigenvalue weighted by Gasteiger charge is 2.25. The van der Waals surface area contributed by atoms with Crippen molar-refractivity contribution in [1.82, 2.24) is 25.6 Å². The normalized spacial score (nSPS) is 21.7. The molecular weight excluding hydrogens is 455 g/mol. The molecule has 5 rings (SSSR count). The highest BCUT2D eigenvalue weighted by atomic mass is 32.2. The number of pyridine rings is 1. The summed E-state index contributed by atoms with van der Waals surface area (Å²) >= 11 is 0.868. The summed E-state index contributed by atoms with van der Waals surface area (Å²) in [6, 6.07) is 10.8. The van der Waals surface area contributed by atoms with Crippen molar-refractivity contribution in [2.45, 2.75) is 44.3 Å². The van der Waals surface area contributed by atoms with Gasteiger partial charge in [-0.05, 0) is 73.9 Å². The molecule has 0 atom stereocenters. The molecule has 174 valence electrons. The summed E-state index contributed by atoms with van der Waals surface area (Å²) in [6.45, 7) is 0.671. The van der Waals surface area contributed by atoms with Crippen LogP contribution < -0.4 is 16.0 Å². The number of thioether (sulfide) groups is 1. The van der Waals surface area contributed by atoms with Crippen LogP contribution in [0, 0.1) is 5.82 Å². The molecule has 1 saturated heterocycles. The molecule has 1 aliphatic carbocycles. The first kappa shape index (κ1) is 22.4. The summed E-state index contributed by atoms with van der Waals surface area (Å²) < 4.78 is 13.3. The van der Waals surface area contributed by atoms with Crippen LogP contribution in [0.25, 0.3) is 17.0 Å². The monoisotopic (exact) mass is 478 g/mol. The number of benzene rings is 1. The van der Waals surface area contributed by atoms with Crippen LogP contribution in [0.15, 0.2) is 47.5 Å². The van der Waals surface area contributed by atoms with Gasteiger partial charge < -0.3 is 10.6 Å². The molecule has 34 heavy (non-hydrogen) atoms. The van der Waals surface area contributed by atoms with Crippen LogP contribution in [0.2, 0.25) is 0 Å². The summed E-state index contributed by atoms with van der Waals surface area (Å²) in [5, 5.41) is 9.64. The summed E-state index contributed by atoms with van der Waals surface area (Å²) in [7, 11) is 0. The van der Waals surface area contributed by atoms with E-state index in [-0.39, 0.29) is 17.1 Å². The third-order valence-electron chi connectivity index (χ3n) is 5.94. The molecule has 0 unspecified atom stereocenters. The van der Waals surface area contributed by atoms with E-state index in [0.29, 0.717) is 29.1 Å². The number of imide groups is 1. The standard InChI is InChI=1S/C24H23FN6O2S/c25-15-2-8-20-14(11-15)1-3-19(28-20)13-27-16-4-6-17(7-5-16)29-23-26-10-9-18(30-23)12-21-22(32)31-24(33)34-21/h1-3,8-12,16-17,27H,4-7,13H2,(H,26,29,30)(H,31,32,33)/t16-,17-. The largest absolute Gasteiger partial charge is 0.351 e. The molecule has 0 bridgehead atoms. The Morgan fingerprint density at radius 1 is 1.06 bits per heavy atom. The second kappa shape index (κ2) is 9.86. The molecule has 1 aromatic carbocycles. The van der Waals surface area contributed by atoms with Gasteiger partial charge in [-0.15, -0.1) is 0 Å². The zero-order valence-electron chi connectivity index (χ0n) is 18.3. The van der Waals surface area contributed by atoms with Crippen LogP contribution in [-0.4, -0.2) is 38.2 Å². The van der Waals surface area contributed by atoms with Crippen molar-refractivity contribution in [3.63, 3.8) is 0 Å². The third-order valence-corrected chi connectivity index (χ3v) is 6.75. The van der Waals surface area contributed by atoms with E-state index < -0.39 is 5.91 Å². The van der Waals surface area contributed by atoms with E-state index in [1.54, 1.807) is 24.4 Å². The second-order valence-corrected chi connectivity index (χ2v) is 9.39. The zero-order valence-corrected chi connectivity index (χ0v) is 19.1. The summed E-state index contributed by atoms with van der Waals surface area (Å²) in [4.78, 5) is 36.8. The first-order chi connectivity index (χ1) is 16.5. The van der Waals surface area contributed by atoms with Crippen LogP contribution in [0.4, 0.5) is 15.1 Å². The minimum atomic E-state index is -0.401. The van der Waals surface area contributed by atoms with Gasteiger partial charge in [-0.25, -0.2) is 14.4 Å². The number of carbonyl (C=O) groups excluding carboxylic acids is 2. The van der Waals surface area contributed by atoms with Crippen molar-refractivity contribution in [2.75, 3.05) is 5.32 Å². The maximum Gasteiger partial charge on any atom is 0.290 e. The van der Waals surface area contributed by atoms with Gasteiger partial charge in [0.15, 0.2) is 0 Å². The van der Waals surface area contributed by atoms with Crippen LogP contribution in [0.1, 0.15) is 37.1 Å². The van der Waals surface area contributed by atoms with E-state index in [4.69, 9.17) is 0 Å². The van der Waals surface area contributed by atoms with E-state index in [0.717, 1.165) is 54.0 Å². The minimum Gasteiger partial charge on any atom is -0.351 e. The molecule has 2 aliphatic rings. The molecule has 3 heterocycles. The number of carbonyl (C=O) groups is 2. The molecule has 3 aromatic rings. The molecule has 2 aromatic heterocycles. The van der Waals surface area contributed by atoms with Gasteiger partial charge in [0.1, 0.15) is 5.82 Å². The van der Waals surface area contributed by atoms with Crippen molar-refractivity contribution in [2.24, 2.45) is 0 Å². The number of rotatable bonds is 6. The number of aromatic nitrogens is 3. The third kappa shape index (κ3) is 5.40. The maximum absolute atomic E-state index is 13.3. The Morgan fingerprint density at radius 2 is 1.88 bits per heavy atom. The Labute approximate surface area is 199 Å². The molecular formula is C24H23FN6O2S. The number of anilines is 1. The van der Waals surface area contributed by atoms with E-state index in [2.05, 4.69) is 30.9 Å². The highest BCUT2D eigenvalue weighted by Crippen LogP contribution is 2.26. The van der Waals surface area contributed by atoms with Crippen LogP contribution in [0.5, 0.6) is 0 Å². The van der Waals surface area contributed by atoms with E-state index in [1.165, 1.54) is 12.1 Å². The van der Waals surface area contributed by atoms with Gasteiger partial charge in [0.05, 0.1) is 21.8 Å². The van der Waals surface area contributed by atoms with Gasteiger partial charge in [0.2, 0.25) is 5.95 Å². The first-order valence-corrected chi connectivity index (χ1v) is 12.0. The Hall–Kier alpha value is -3.37. The van der Waals surface area contributed by atoms with Gasteiger partial charge in [0, 0.05) is 30.2 Å². The SMILES string of the molecule is O=C1NC(=O)C(=Cc2ccnc(N[C@H]3CC[C@H](NCc4ccc5cc(F)ccc5n4)CC3)n2)S1. The summed E-state index contributed by atoms with van der Waals surface area (Å²) in [6.07, 6.45) is 7.21. The molecule has 0 spiro atoms. The smallest absolute Gasteiger partial charge is 0.290 e. The lowest BCUT2D eigenvalue weighted by atomic mass is 9.91. The molecule has 10 heteroatoms. The van der Waals surface area contributed by atoms with Crippen molar-refractivity contribution in [3.05, 3.63) is 64.7 Å². The van der Waals surface area contributed by atoms with E-state index in [9.17, 15) is 14.0 Å². The fourth-order valence-corrected chi connectivity index (χ4v) is 4.86. The Kier molecular flexibility index (Phi) is 6.50. The average Bonchev–Trinajstić information content (AvgIpc) is 3.15. The lowest BCUT2D eigenvalue weighted by molar-refractivity contribution is -0.115. The number of amides is 2. The molecule has 2 fully saturated rings. The quantitative estimate of drug-likeness (QED) is 0.456. The number of nitrogens with one attached hydrogen (secondary N) is 3. The lowest BCUT2D eigenvalue weighted by Gasteiger charge is -2.29. The fourth-order valence-electron chi connectivity index (χ4n) is 4.19. The summed E-state index contributed by atoms with van der Waals surface area (Å²) in [5.74, 6) is -0.143. The van der Waals surface area contributed by atoms with Gasteiger partial charge in [-0.2, -0.15) is 0 Å².